The van der Waals surface area contributed by atoms with Gasteiger partial charge in [0.1, 0.15) is 17.2 Å². The molecule has 0 aliphatic rings. The summed E-state index contributed by atoms with van der Waals surface area (Å²) in [6.07, 6.45) is 0.836. The summed E-state index contributed by atoms with van der Waals surface area (Å²) in [5.74, 6) is 3.08. The smallest absolute Gasteiger partial charge is 0.122 e. The van der Waals surface area contributed by atoms with E-state index >= 15 is 0 Å². The van der Waals surface area contributed by atoms with Crippen LogP contribution in [0.15, 0.2) is 48.5 Å². The van der Waals surface area contributed by atoms with E-state index in [1.54, 1.807) is 7.11 Å². The highest BCUT2D eigenvalue weighted by atomic mass is 16.5. The summed E-state index contributed by atoms with van der Waals surface area (Å²) < 4.78 is 16.6. The van der Waals surface area contributed by atoms with Gasteiger partial charge in [0.05, 0.1) is 20.3 Å². The molecule has 0 aromatic heterocycles. The van der Waals surface area contributed by atoms with E-state index in [1.165, 1.54) is 5.56 Å². The normalized spacial score (nSPS) is 10.5. The van der Waals surface area contributed by atoms with Crippen LogP contribution in [0.3, 0.4) is 0 Å². The number of hydrogen-bond acceptors (Lipinski definition) is 3. The summed E-state index contributed by atoms with van der Waals surface area (Å²) in [4.78, 5) is 0. The lowest BCUT2D eigenvalue weighted by atomic mass is 10.0. The fourth-order valence-electron chi connectivity index (χ4n) is 2.08. The monoisotopic (exact) mass is 300 g/mol. The van der Waals surface area contributed by atoms with Crippen molar-refractivity contribution in [2.45, 2.75) is 26.2 Å². The molecule has 0 saturated heterocycles. The summed E-state index contributed by atoms with van der Waals surface area (Å²) in [5.41, 5.74) is 1.33. The van der Waals surface area contributed by atoms with Crippen LogP contribution in [0.1, 0.15) is 31.7 Å². The van der Waals surface area contributed by atoms with E-state index in [4.69, 9.17) is 14.2 Å². The summed E-state index contributed by atoms with van der Waals surface area (Å²) in [7, 11) is 1.65. The van der Waals surface area contributed by atoms with Crippen molar-refractivity contribution in [3.63, 3.8) is 0 Å². The van der Waals surface area contributed by atoms with Crippen LogP contribution in [-0.2, 0) is 0 Å². The van der Waals surface area contributed by atoms with E-state index in [1.807, 2.05) is 36.4 Å². The van der Waals surface area contributed by atoms with Crippen molar-refractivity contribution in [2.75, 3.05) is 20.3 Å². The minimum absolute atomic E-state index is 0.547. The second-order valence-corrected chi connectivity index (χ2v) is 5.45. The van der Waals surface area contributed by atoms with Gasteiger partial charge in [-0.1, -0.05) is 32.0 Å². The van der Waals surface area contributed by atoms with Crippen LogP contribution in [0, 0.1) is 0 Å². The standard InChI is InChI=1S/C19H24O3/c1-15(2)16-8-10-17(11-9-16)21-12-5-13-22-19-7-4-6-18(14-19)20-3/h4,6-11,14-15H,5,12-13H2,1-3H3. The van der Waals surface area contributed by atoms with Gasteiger partial charge < -0.3 is 14.2 Å². The van der Waals surface area contributed by atoms with Gasteiger partial charge in [-0.25, -0.2) is 0 Å². The molecule has 22 heavy (non-hydrogen) atoms. The zero-order valence-corrected chi connectivity index (χ0v) is 13.5. The fourth-order valence-corrected chi connectivity index (χ4v) is 2.08. The molecule has 0 aliphatic carbocycles. The predicted molar refractivity (Wildman–Crippen MR) is 89.1 cm³/mol. The summed E-state index contributed by atoms with van der Waals surface area (Å²) in [6, 6.07) is 15.9. The molecule has 3 heteroatoms. The van der Waals surface area contributed by atoms with E-state index in [2.05, 4.69) is 26.0 Å². The molecule has 0 heterocycles. The lowest BCUT2D eigenvalue weighted by Gasteiger charge is -2.10. The molecule has 118 valence electrons. The SMILES string of the molecule is COc1cccc(OCCCOc2ccc(C(C)C)cc2)c1. The van der Waals surface area contributed by atoms with Gasteiger partial charge in [-0.2, -0.15) is 0 Å². The molecule has 2 aromatic carbocycles. The number of ether oxygens (including phenoxy) is 3. The van der Waals surface area contributed by atoms with Crippen LogP contribution in [0.5, 0.6) is 17.2 Å². The van der Waals surface area contributed by atoms with Crippen molar-refractivity contribution < 1.29 is 14.2 Å². The Bertz CT molecular complexity index is 561. The van der Waals surface area contributed by atoms with E-state index in [-0.39, 0.29) is 0 Å². The molecule has 0 bridgehead atoms. The van der Waals surface area contributed by atoms with Gasteiger partial charge in [0, 0.05) is 12.5 Å². The Morgan fingerprint density at radius 1 is 0.818 bits per heavy atom. The number of hydrogen-bond donors (Lipinski definition) is 0. The van der Waals surface area contributed by atoms with Gasteiger partial charge in [0.25, 0.3) is 0 Å². The van der Waals surface area contributed by atoms with E-state index in [0.29, 0.717) is 19.1 Å². The highest BCUT2D eigenvalue weighted by Gasteiger charge is 2.00. The first-order valence-electron chi connectivity index (χ1n) is 7.68. The molecule has 0 fully saturated rings. The largest absolute Gasteiger partial charge is 0.497 e. The fraction of sp³-hybridized carbons (Fsp3) is 0.368. The van der Waals surface area contributed by atoms with E-state index in [9.17, 15) is 0 Å². The van der Waals surface area contributed by atoms with Crippen molar-refractivity contribution >= 4 is 0 Å². The molecule has 0 saturated carbocycles. The Labute approximate surface area is 132 Å². The number of rotatable bonds is 8. The molecule has 0 amide bonds. The zero-order valence-electron chi connectivity index (χ0n) is 13.5. The summed E-state index contributed by atoms with van der Waals surface area (Å²) in [5, 5.41) is 0. The van der Waals surface area contributed by atoms with Gasteiger partial charge >= 0.3 is 0 Å². The molecule has 0 unspecified atom stereocenters. The molecule has 2 rings (SSSR count). The van der Waals surface area contributed by atoms with Gasteiger partial charge in [-0.15, -0.1) is 0 Å². The number of methoxy groups -OCH3 is 1. The second kappa shape index (κ2) is 8.32. The molecule has 2 aromatic rings. The Morgan fingerprint density at radius 2 is 1.45 bits per heavy atom. The van der Waals surface area contributed by atoms with Crippen LogP contribution in [0.2, 0.25) is 0 Å². The summed E-state index contributed by atoms with van der Waals surface area (Å²) in [6.45, 7) is 5.64. The molecular formula is C19H24O3. The van der Waals surface area contributed by atoms with Gasteiger partial charge in [0.15, 0.2) is 0 Å². The van der Waals surface area contributed by atoms with E-state index < -0.39 is 0 Å². The molecule has 0 radical (unpaired) electrons. The first kappa shape index (κ1) is 16.2. The first-order chi connectivity index (χ1) is 10.7. The molecular weight excluding hydrogens is 276 g/mol. The maximum atomic E-state index is 5.72. The van der Waals surface area contributed by atoms with Crippen LogP contribution >= 0.6 is 0 Å². The lowest BCUT2D eigenvalue weighted by molar-refractivity contribution is 0.247. The molecule has 0 aliphatic heterocycles. The molecule has 0 spiro atoms. The van der Waals surface area contributed by atoms with Crippen LogP contribution in [-0.4, -0.2) is 20.3 Å². The Balaban J connectivity index is 1.68. The predicted octanol–water partition coefficient (Wildman–Crippen LogP) is 4.67. The van der Waals surface area contributed by atoms with Crippen molar-refractivity contribution in [2.24, 2.45) is 0 Å². The third-order valence-electron chi connectivity index (χ3n) is 3.41. The zero-order chi connectivity index (χ0) is 15.8. The third-order valence-corrected chi connectivity index (χ3v) is 3.41. The minimum Gasteiger partial charge on any atom is -0.497 e. The highest BCUT2D eigenvalue weighted by molar-refractivity contribution is 5.32. The average molecular weight is 300 g/mol. The number of benzene rings is 2. The van der Waals surface area contributed by atoms with Crippen LogP contribution in [0.25, 0.3) is 0 Å². The quantitative estimate of drug-likeness (QED) is 0.663. The Kier molecular flexibility index (Phi) is 6.13. The maximum absolute atomic E-state index is 5.72. The van der Waals surface area contributed by atoms with Crippen LogP contribution in [0.4, 0.5) is 0 Å². The highest BCUT2D eigenvalue weighted by Crippen LogP contribution is 2.20. The van der Waals surface area contributed by atoms with Crippen molar-refractivity contribution in [3.05, 3.63) is 54.1 Å². The van der Waals surface area contributed by atoms with Crippen LogP contribution < -0.4 is 14.2 Å². The van der Waals surface area contributed by atoms with Gasteiger partial charge in [0.2, 0.25) is 0 Å². The molecule has 0 N–H and O–H groups in total. The maximum Gasteiger partial charge on any atom is 0.122 e. The first-order valence-corrected chi connectivity index (χ1v) is 7.68. The third kappa shape index (κ3) is 4.99. The second-order valence-electron chi connectivity index (χ2n) is 5.45. The van der Waals surface area contributed by atoms with Crippen molar-refractivity contribution in [1.29, 1.82) is 0 Å². The van der Waals surface area contributed by atoms with Crippen molar-refractivity contribution in [3.8, 4) is 17.2 Å². The lowest BCUT2D eigenvalue weighted by Crippen LogP contribution is -2.05. The van der Waals surface area contributed by atoms with Gasteiger partial charge in [-0.3, -0.25) is 0 Å². The van der Waals surface area contributed by atoms with Gasteiger partial charge in [-0.05, 0) is 35.7 Å². The summed E-state index contributed by atoms with van der Waals surface area (Å²) >= 11 is 0. The Morgan fingerprint density at radius 3 is 2.09 bits per heavy atom. The molecule has 0 atom stereocenters. The minimum atomic E-state index is 0.547. The van der Waals surface area contributed by atoms with Crippen molar-refractivity contribution in [1.82, 2.24) is 0 Å². The molecule has 3 nitrogen and oxygen atoms in total. The average Bonchev–Trinajstić information content (AvgIpc) is 2.55. The Hall–Kier alpha value is -2.16. The van der Waals surface area contributed by atoms with E-state index in [0.717, 1.165) is 23.7 Å². The topological polar surface area (TPSA) is 27.7 Å².